The van der Waals surface area contributed by atoms with Crippen LogP contribution in [0, 0.1) is 0 Å². The number of benzene rings is 1. The molecule has 0 atom stereocenters. The summed E-state index contributed by atoms with van der Waals surface area (Å²) in [6.45, 7) is 2.47. The molecule has 0 aliphatic carbocycles. The molecule has 1 N–H and O–H groups in total. The Hall–Kier alpha value is -0.860. The molecule has 1 aromatic rings. The molecule has 0 saturated carbocycles. The Morgan fingerprint density at radius 2 is 2.30 bits per heavy atom. The lowest BCUT2D eigenvalue weighted by molar-refractivity contribution is -0.116. The highest BCUT2D eigenvalue weighted by Gasteiger charge is 2.16. The van der Waals surface area contributed by atoms with Crippen molar-refractivity contribution in [2.45, 2.75) is 6.92 Å². The van der Waals surface area contributed by atoms with Crippen molar-refractivity contribution in [3.8, 4) is 5.75 Å². The number of ether oxygens (including phenoxy) is 1. The van der Waals surface area contributed by atoms with E-state index in [1.54, 1.807) is 6.21 Å². The SMILES string of the molecule is CCOc1c(Br)cc(Br)cc1C=NN=C1NC(=O)CS1. The van der Waals surface area contributed by atoms with E-state index >= 15 is 0 Å². The van der Waals surface area contributed by atoms with E-state index in [1.807, 2.05) is 19.1 Å². The van der Waals surface area contributed by atoms with Gasteiger partial charge in [-0.15, -0.1) is 5.10 Å². The minimum absolute atomic E-state index is 0.0517. The molecule has 106 valence electrons. The third-order valence-corrected chi connectivity index (χ3v) is 4.17. The third kappa shape index (κ3) is 4.07. The van der Waals surface area contributed by atoms with Crippen molar-refractivity contribution in [2.75, 3.05) is 12.4 Å². The number of nitrogens with one attached hydrogen (secondary N) is 1. The van der Waals surface area contributed by atoms with Crippen LogP contribution in [-0.4, -0.2) is 29.6 Å². The highest BCUT2D eigenvalue weighted by molar-refractivity contribution is 9.11. The number of thioether (sulfide) groups is 1. The fraction of sp³-hybridized carbons (Fsp3) is 0.250. The Balaban J connectivity index is 2.21. The fourth-order valence-electron chi connectivity index (χ4n) is 1.50. The van der Waals surface area contributed by atoms with Gasteiger partial charge in [0.15, 0.2) is 5.17 Å². The average molecular weight is 421 g/mol. The first kappa shape index (κ1) is 15.5. The molecule has 8 heteroatoms. The first-order valence-corrected chi connectivity index (χ1v) is 8.33. The van der Waals surface area contributed by atoms with Gasteiger partial charge in [0.05, 0.1) is 23.0 Å². The first-order chi connectivity index (χ1) is 9.60. The molecular formula is C12H11Br2N3O2S. The van der Waals surface area contributed by atoms with Crippen LogP contribution in [0.25, 0.3) is 0 Å². The standard InChI is InChI=1S/C12H11Br2N3O2S/c1-2-19-11-7(3-8(13)4-9(11)14)5-15-17-12-16-10(18)6-20-12/h3-5H,2,6H2,1H3,(H,16,17,18). The van der Waals surface area contributed by atoms with Crippen molar-refractivity contribution in [1.82, 2.24) is 5.32 Å². The van der Waals surface area contributed by atoms with Gasteiger partial charge in [0.2, 0.25) is 5.91 Å². The number of amidine groups is 1. The van der Waals surface area contributed by atoms with Gasteiger partial charge in [0.25, 0.3) is 0 Å². The van der Waals surface area contributed by atoms with Crippen LogP contribution < -0.4 is 10.1 Å². The molecule has 1 aliphatic heterocycles. The summed E-state index contributed by atoms with van der Waals surface area (Å²) in [6, 6.07) is 3.79. The van der Waals surface area contributed by atoms with Gasteiger partial charge in [0.1, 0.15) is 5.75 Å². The second-order valence-electron chi connectivity index (χ2n) is 3.73. The summed E-state index contributed by atoms with van der Waals surface area (Å²) >= 11 is 8.20. The summed E-state index contributed by atoms with van der Waals surface area (Å²) in [5.74, 6) is 1.05. The number of carbonyl (C=O) groups excluding carboxylic acids is 1. The van der Waals surface area contributed by atoms with E-state index in [0.717, 1.165) is 14.5 Å². The van der Waals surface area contributed by atoms with Crippen LogP contribution in [0.2, 0.25) is 0 Å². The Morgan fingerprint density at radius 1 is 1.50 bits per heavy atom. The van der Waals surface area contributed by atoms with Crippen molar-refractivity contribution in [1.29, 1.82) is 0 Å². The highest BCUT2D eigenvalue weighted by Crippen LogP contribution is 2.32. The molecule has 1 amide bonds. The second kappa shape index (κ2) is 7.24. The molecule has 1 fully saturated rings. The molecule has 1 saturated heterocycles. The molecule has 0 bridgehead atoms. The molecule has 2 rings (SSSR count). The number of hydrogen-bond acceptors (Lipinski definition) is 5. The van der Waals surface area contributed by atoms with Gasteiger partial charge < -0.3 is 10.1 Å². The maximum Gasteiger partial charge on any atom is 0.236 e. The summed E-state index contributed by atoms with van der Waals surface area (Å²) in [4.78, 5) is 11.0. The quantitative estimate of drug-likeness (QED) is 0.601. The second-order valence-corrected chi connectivity index (χ2v) is 6.46. The van der Waals surface area contributed by atoms with Crippen LogP contribution in [0.1, 0.15) is 12.5 Å². The number of amides is 1. The van der Waals surface area contributed by atoms with E-state index in [0.29, 0.717) is 23.3 Å². The lowest BCUT2D eigenvalue weighted by atomic mass is 10.2. The number of carbonyl (C=O) groups is 1. The largest absolute Gasteiger partial charge is 0.492 e. The van der Waals surface area contributed by atoms with E-state index in [-0.39, 0.29) is 5.91 Å². The van der Waals surface area contributed by atoms with Gasteiger partial charge in [-0.2, -0.15) is 5.10 Å². The van der Waals surface area contributed by atoms with E-state index in [1.165, 1.54) is 11.8 Å². The van der Waals surface area contributed by atoms with Crippen LogP contribution >= 0.6 is 43.6 Å². The molecule has 1 heterocycles. The summed E-state index contributed by atoms with van der Waals surface area (Å²) in [7, 11) is 0. The van der Waals surface area contributed by atoms with Gasteiger partial charge in [-0.1, -0.05) is 27.7 Å². The molecule has 0 radical (unpaired) electrons. The van der Waals surface area contributed by atoms with Gasteiger partial charge in [0, 0.05) is 10.0 Å². The summed E-state index contributed by atoms with van der Waals surface area (Å²) < 4.78 is 7.33. The molecule has 0 spiro atoms. The predicted octanol–water partition coefficient (Wildman–Crippen LogP) is 3.16. The summed E-state index contributed by atoms with van der Waals surface area (Å²) in [5.41, 5.74) is 0.798. The van der Waals surface area contributed by atoms with E-state index in [2.05, 4.69) is 47.4 Å². The predicted molar refractivity (Wildman–Crippen MR) is 88.6 cm³/mol. The first-order valence-electron chi connectivity index (χ1n) is 5.75. The molecular weight excluding hydrogens is 410 g/mol. The minimum atomic E-state index is -0.0517. The maximum atomic E-state index is 11.0. The van der Waals surface area contributed by atoms with Crippen molar-refractivity contribution in [3.63, 3.8) is 0 Å². The van der Waals surface area contributed by atoms with Crippen molar-refractivity contribution in [3.05, 3.63) is 26.6 Å². The molecule has 1 aliphatic rings. The van der Waals surface area contributed by atoms with Crippen LogP contribution in [0.4, 0.5) is 0 Å². The molecule has 0 aromatic heterocycles. The van der Waals surface area contributed by atoms with Crippen LogP contribution in [0.5, 0.6) is 5.75 Å². The van der Waals surface area contributed by atoms with Gasteiger partial charge in [-0.3, -0.25) is 4.79 Å². The van der Waals surface area contributed by atoms with E-state index < -0.39 is 0 Å². The maximum absolute atomic E-state index is 11.0. The van der Waals surface area contributed by atoms with Gasteiger partial charge in [-0.05, 0) is 35.0 Å². The molecule has 0 unspecified atom stereocenters. The molecule has 1 aromatic carbocycles. The lowest BCUT2D eigenvalue weighted by Crippen LogP contribution is -2.19. The zero-order valence-electron chi connectivity index (χ0n) is 10.5. The van der Waals surface area contributed by atoms with E-state index in [9.17, 15) is 4.79 Å². The molecule has 20 heavy (non-hydrogen) atoms. The lowest BCUT2D eigenvalue weighted by Gasteiger charge is -2.09. The fourth-order valence-corrected chi connectivity index (χ4v) is 3.50. The summed E-state index contributed by atoms with van der Waals surface area (Å²) in [6.07, 6.45) is 1.60. The Morgan fingerprint density at radius 3 is 2.95 bits per heavy atom. The number of halogens is 2. The Labute approximate surface area is 137 Å². The van der Waals surface area contributed by atoms with E-state index in [4.69, 9.17) is 4.74 Å². The number of nitrogens with zero attached hydrogens (tertiary/aromatic N) is 2. The van der Waals surface area contributed by atoms with Crippen LogP contribution in [0.15, 0.2) is 31.3 Å². The van der Waals surface area contributed by atoms with Gasteiger partial charge >= 0.3 is 0 Å². The Kier molecular flexibility index (Phi) is 5.62. The summed E-state index contributed by atoms with van der Waals surface area (Å²) in [5, 5.41) is 11.1. The topological polar surface area (TPSA) is 63.1 Å². The number of rotatable bonds is 4. The zero-order valence-corrected chi connectivity index (χ0v) is 14.5. The average Bonchev–Trinajstić information content (AvgIpc) is 2.79. The van der Waals surface area contributed by atoms with Gasteiger partial charge in [-0.25, -0.2) is 0 Å². The normalized spacial score (nSPS) is 16.9. The smallest absolute Gasteiger partial charge is 0.236 e. The van der Waals surface area contributed by atoms with Crippen LogP contribution in [-0.2, 0) is 4.79 Å². The molecule has 5 nitrogen and oxygen atoms in total. The Bertz CT molecular complexity index is 590. The minimum Gasteiger partial charge on any atom is -0.492 e. The monoisotopic (exact) mass is 419 g/mol. The number of hydrogen-bond donors (Lipinski definition) is 1. The zero-order chi connectivity index (χ0) is 14.5. The van der Waals surface area contributed by atoms with Crippen molar-refractivity contribution < 1.29 is 9.53 Å². The van der Waals surface area contributed by atoms with Crippen LogP contribution in [0.3, 0.4) is 0 Å². The van der Waals surface area contributed by atoms with Crippen molar-refractivity contribution >= 4 is 60.9 Å². The van der Waals surface area contributed by atoms with Crippen molar-refractivity contribution in [2.24, 2.45) is 10.2 Å². The third-order valence-electron chi connectivity index (χ3n) is 2.26. The highest BCUT2D eigenvalue weighted by atomic mass is 79.9.